The molecule has 0 saturated carbocycles. The molecule has 0 saturated heterocycles. The lowest BCUT2D eigenvalue weighted by atomic mass is 10.3. The largest absolute Gasteiger partial charge is 0.497 e. The molecule has 0 bridgehead atoms. The SMILES string of the molecule is COc1cc(C)nc(COCCCN)c1. The van der Waals surface area contributed by atoms with Crippen molar-refractivity contribution in [2.24, 2.45) is 5.73 Å². The number of nitrogens with two attached hydrogens (primary N) is 1. The van der Waals surface area contributed by atoms with Crippen LogP contribution in [0.15, 0.2) is 12.1 Å². The van der Waals surface area contributed by atoms with Crippen molar-refractivity contribution in [1.82, 2.24) is 4.98 Å². The molecule has 0 atom stereocenters. The predicted molar refractivity (Wildman–Crippen MR) is 58.9 cm³/mol. The Labute approximate surface area is 90.4 Å². The van der Waals surface area contributed by atoms with Crippen molar-refractivity contribution in [3.8, 4) is 5.75 Å². The maximum Gasteiger partial charge on any atom is 0.122 e. The average molecular weight is 210 g/mol. The summed E-state index contributed by atoms with van der Waals surface area (Å²) >= 11 is 0. The van der Waals surface area contributed by atoms with Crippen LogP contribution in [-0.2, 0) is 11.3 Å². The highest BCUT2D eigenvalue weighted by atomic mass is 16.5. The van der Waals surface area contributed by atoms with Gasteiger partial charge < -0.3 is 15.2 Å². The van der Waals surface area contributed by atoms with Gasteiger partial charge in [-0.1, -0.05) is 0 Å². The van der Waals surface area contributed by atoms with E-state index in [4.69, 9.17) is 15.2 Å². The van der Waals surface area contributed by atoms with Crippen molar-refractivity contribution in [2.75, 3.05) is 20.3 Å². The van der Waals surface area contributed by atoms with E-state index in [1.54, 1.807) is 7.11 Å². The third kappa shape index (κ3) is 4.27. The summed E-state index contributed by atoms with van der Waals surface area (Å²) in [7, 11) is 1.65. The molecule has 0 aliphatic carbocycles. The molecule has 4 heteroatoms. The standard InChI is InChI=1S/C11H18N2O2/c1-9-6-11(14-2)7-10(13-9)8-15-5-3-4-12/h6-7H,3-5,8,12H2,1-2H3. The molecule has 0 aliphatic rings. The summed E-state index contributed by atoms with van der Waals surface area (Å²) in [6, 6.07) is 3.78. The Morgan fingerprint density at radius 2 is 2.20 bits per heavy atom. The summed E-state index contributed by atoms with van der Waals surface area (Å²) < 4.78 is 10.6. The van der Waals surface area contributed by atoms with E-state index in [0.717, 1.165) is 23.6 Å². The molecule has 0 radical (unpaired) electrons. The first-order valence-corrected chi connectivity index (χ1v) is 5.05. The van der Waals surface area contributed by atoms with Crippen LogP contribution in [0.5, 0.6) is 5.75 Å². The number of aryl methyl sites for hydroxylation is 1. The van der Waals surface area contributed by atoms with Gasteiger partial charge in [-0.15, -0.1) is 0 Å². The topological polar surface area (TPSA) is 57.4 Å². The number of rotatable bonds is 6. The number of aromatic nitrogens is 1. The van der Waals surface area contributed by atoms with Crippen LogP contribution in [0.2, 0.25) is 0 Å². The maximum atomic E-state index is 5.42. The zero-order valence-corrected chi connectivity index (χ0v) is 9.32. The summed E-state index contributed by atoms with van der Waals surface area (Å²) in [4.78, 5) is 4.34. The van der Waals surface area contributed by atoms with Gasteiger partial charge in [0.25, 0.3) is 0 Å². The number of nitrogens with zero attached hydrogens (tertiary/aromatic N) is 1. The van der Waals surface area contributed by atoms with Crippen LogP contribution in [0.4, 0.5) is 0 Å². The zero-order valence-electron chi connectivity index (χ0n) is 9.32. The minimum absolute atomic E-state index is 0.512. The van der Waals surface area contributed by atoms with E-state index in [0.29, 0.717) is 19.8 Å². The van der Waals surface area contributed by atoms with Crippen LogP contribution < -0.4 is 10.5 Å². The van der Waals surface area contributed by atoms with Crippen molar-refractivity contribution < 1.29 is 9.47 Å². The Morgan fingerprint density at radius 1 is 1.40 bits per heavy atom. The molecule has 0 unspecified atom stereocenters. The Bertz CT molecular complexity index is 303. The van der Waals surface area contributed by atoms with E-state index in [-0.39, 0.29) is 0 Å². The van der Waals surface area contributed by atoms with Gasteiger partial charge in [0, 0.05) is 24.4 Å². The van der Waals surface area contributed by atoms with E-state index in [1.807, 2.05) is 19.1 Å². The van der Waals surface area contributed by atoms with Gasteiger partial charge in [-0.2, -0.15) is 0 Å². The van der Waals surface area contributed by atoms with Crippen molar-refractivity contribution in [3.05, 3.63) is 23.5 Å². The fourth-order valence-corrected chi connectivity index (χ4v) is 1.26. The molecular weight excluding hydrogens is 192 g/mol. The number of methoxy groups -OCH3 is 1. The highest BCUT2D eigenvalue weighted by Gasteiger charge is 2.00. The molecule has 0 spiro atoms. The normalized spacial score (nSPS) is 10.3. The van der Waals surface area contributed by atoms with E-state index >= 15 is 0 Å². The molecule has 84 valence electrons. The molecule has 1 rings (SSSR count). The molecule has 1 aromatic rings. The highest BCUT2D eigenvalue weighted by molar-refractivity contribution is 5.26. The molecule has 4 nitrogen and oxygen atoms in total. The van der Waals surface area contributed by atoms with Gasteiger partial charge in [-0.3, -0.25) is 4.98 Å². The lowest BCUT2D eigenvalue weighted by Crippen LogP contribution is -2.05. The fraction of sp³-hybridized carbons (Fsp3) is 0.545. The average Bonchev–Trinajstić information content (AvgIpc) is 2.23. The van der Waals surface area contributed by atoms with Crippen LogP contribution in [0.1, 0.15) is 17.8 Å². The molecule has 0 fully saturated rings. The number of hydrogen-bond acceptors (Lipinski definition) is 4. The van der Waals surface area contributed by atoms with E-state index in [2.05, 4.69) is 4.98 Å². The molecule has 0 amide bonds. The van der Waals surface area contributed by atoms with E-state index in [9.17, 15) is 0 Å². The molecule has 1 aromatic heterocycles. The summed E-state index contributed by atoms with van der Waals surface area (Å²) in [6.07, 6.45) is 0.878. The maximum absolute atomic E-state index is 5.42. The molecule has 2 N–H and O–H groups in total. The number of pyridine rings is 1. The van der Waals surface area contributed by atoms with Gasteiger partial charge in [0.2, 0.25) is 0 Å². The Kier molecular flexibility index (Phi) is 5.07. The number of hydrogen-bond donors (Lipinski definition) is 1. The van der Waals surface area contributed by atoms with Gasteiger partial charge in [-0.25, -0.2) is 0 Å². The summed E-state index contributed by atoms with van der Waals surface area (Å²) in [6.45, 7) is 3.78. The van der Waals surface area contributed by atoms with Crippen molar-refractivity contribution in [1.29, 1.82) is 0 Å². The van der Waals surface area contributed by atoms with Crippen molar-refractivity contribution >= 4 is 0 Å². The monoisotopic (exact) mass is 210 g/mol. The van der Waals surface area contributed by atoms with Crippen LogP contribution in [0, 0.1) is 6.92 Å². The van der Waals surface area contributed by atoms with Gasteiger partial charge in [-0.05, 0) is 19.9 Å². The minimum atomic E-state index is 0.512. The van der Waals surface area contributed by atoms with E-state index < -0.39 is 0 Å². The smallest absolute Gasteiger partial charge is 0.122 e. The molecule has 15 heavy (non-hydrogen) atoms. The second-order valence-corrected chi connectivity index (χ2v) is 3.33. The van der Waals surface area contributed by atoms with Crippen LogP contribution in [0.25, 0.3) is 0 Å². The second kappa shape index (κ2) is 6.37. The van der Waals surface area contributed by atoms with Gasteiger partial charge in [0.05, 0.1) is 19.4 Å². The quantitative estimate of drug-likeness (QED) is 0.718. The Morgan fingerprint density at radius 3 is 2.87 bits per heavy atom. The van der Waals surface area contributed by atoms with Gasteiger partial charge in [0.15, 0.2) is 0 Å². The number of ether oxygens (including phenoxy) is 2. The fourth-order valence-electron chi connectivity index (χ4n) is 1.26. The first-order chi connectivity index (χ1) is 7.26. The van der Waals surface area contributed by atoms with Gasteiger partial charge in [0.1, 0.15) is 5.75 Å². The minimum Gasteiger partial charge on any atom is -0.497 e. The highest BCUT2D eigenvalue weighted by Crippen LogP contribution is 2.13. The summed E-state index contributed by atoms with van der Waals surface area (Å²) in [5.74, 6) is 0.819. The van der Waals surface area contributed by atoms with Crippen molar-refractivity contribution in [3.63, 3.8) is 0 Å². The van der Waals surface area contributed by atoms with Crippen LogP contribution in [-0.4, -0.2) is 25.2 Å². The van der Waals surface area contributed by atoms with E-state index in [1.165, 1.54) is 0 Å². The lowest BCUT2D eigenvalue weighted by molar-refractivity contribution is 0.117. The zero-order chi connectivity index (χ0) is 11.1. The molecular formula is C11H18N2O2. The second-order valence-electron chi connectivity index (χ2n) is 3.33. The predicted octanol–water partition coefficient (Wildman–Crippen LogP) is 1.26. The Hall–Kier alpha value is -1.13. The van der Waals surface area contributed by atoms with Gasteiger partial charge >= 0.3 is 0 Å². The molecule has 0 aliphatic heterocycles. The third-order valence-electron chi connectivity index (χ3n) is 1.96. The van der Waals surface area contributed by atoms with Crippen LogP contribution >= 0.6 is 0 Å². The molecule has 0 aromatic carbocycles. The van der Waals surface area contributed by atoms with Crippen LogP contribution in [0.3, 0.4) is 0 Å². The first-order valence-electron chi connectivity index (χ1n) is 5.05. The summed E-state index contributed by atoms with van der Waals surface area (Å²) in [5.41, 5.74) is 7.19. The third-order valence-corrected chi connectivity index (χ3v) is 1.96. The first kappa shape index (κ1) is 11.9. The molecule has 1 heterocycles. The lowest BCUT2D eigenvalue weighted by Gasteiger charge is -2.06. The summed E-state index contributed by atoms with van der Waals surface area (Å²) in [5, 5.41) is 0. The Balaban J connectivity index is 2.49. The van der Waals surface area contributed by atoms with Crippen molar-refractivity contribution in [2.45, 2.75) is 20.0 Å².